The highest BCUT2D eigenvalue weighted by molar-refractivity contribution is 7.19. The predicted molar refractivity (Wildman–Crippen MR) is 129 cm³/mol. The summed E-state index contributed by atoms with van der Waals surface area (Å²) in [6.45, 7) is 4.81. The minimum atomic E-state index is -0.346. The monoisotopic (exact) mass is 495 g/mol. The number of nitrogens with one attached hydrogen (secondary N) is 1. The van der Waals surface area contributed by atoms with Gasteiger partial charge in [-0.1, -0.05) is 23.5 Å². The molecular formula is C24H22FN5O2S2. The van der Waals surface area contributed by atoms with Gasteiger partial charge in [0.05, 0.1) is 15.9 Å². The lowest BCUT2D eigenvalue weighted by Gasteiger charge is -2.27. The van der Waals surface area contributed by atoms with Gasteiger partial charge in [-0.15, -0.1) is 11.3 Å². The first kappa shape index (κ1) is 21.4. The molecule has 4 aromatic rings. The molecule has 0 radical (unpaired) electrons. The third kappa shape index (κ3) is 3.52. The SMILES string of the molecule is Cc1nc(C(=O)N2C[C@H]3C[C@H]3[C@H]2CNC(=O)c2sc3nccn3c2C)c(-c2cccc(F)c2)s1. The number of halogens is 1. The Morgan fingerprint density at radius 1 is 1.26 bits per heavy atom. The highest BCUT2D eigenvalue weighted by Gasteiger charge is 2.54. The number of aryl methyl sites for hydroxylation is 2. The lowest BCUT2D eigenvalue weighted by Crippen LogP contribution is -2.45. The summed E-state index contributed by atoms with van der Waals surface area (Å²) in [6, 6.07) is 6.18. The molecule has 1 aliphatic heterocycles. The third-order valence-electron chi connectivity index (χ3n) is 6.76. The van der Waals surface area contributed by atoms with E-state index in [0.29, 0.717) is 45.9 Å². The number of carbonyl (C=O) groups is 2. The number of thiazole rings is 2. The quantitative estimate of drug-likeness (QED) is 0.451. The molecule has 7 nitrogen and oxygen atoms in total. The Labute approximate surface area is 203 Å². The van der Waals surface area contributed by atoms with Crippen LogP contribution in [0.3, 0.4) is 0 Å². The van der Waals surface area contributed by atoms with Gasteiger partial charge in [0.15, 0.2) is 4.96 Å². The Bertz CT molecular complexity index is 1440. The lowest BCUT2D eigenvalue weighted by atomic mass is 10.1. The van der Waals surface area contributed by atoms with E-state index in [1.54, 1.807) is 18.3 Å². The molecule has 10 heteroatoms. The van der Waals surface area contributed by atoms with Crippen LogP contribution in [0.25, 0.3) is 15.4 Å². The summed E-state index contributed by atoms with van der Waals surface area (Å²) in [4.78, 5) is 39.3. The topological polar surface area (TPSA) is 79.6 Å². The van der Waals surface area contributed by atoms with Crippen molar-refractivity contribution in [3.8, 4) is 10.4 Å². The smallest absolute Gasteiger partial charge is 0.274 e. The molecule has 1 N–H and O–H groups in total. The molecule has 174 valence electrons. The largest absolute Gasteiger partial charge is 0.349 e. The molecule has 4 heterocycles. The van der Waals surface area contributed by atoms with Gasteiger partial charge in [0.2, 0.25) is 0 Å². The number of hydrogen-bond donors (Lipinski definition) is 1. The first-order valence-corrected chi connectivity index (χ1v) is 12.8. The Morgan fingerprint density at radius 3 is 2.91 bits per heavy atom. The van der Waals surface area contributed by atoms with Crippen LogP contribution in [0.5, 0.6) is 0 Å². The van der Waals surface area contributed by atoms with Gasteiger partial charge in [0.1, 0.15) is 16.4 Å². The lowest BCUT2D eigenvalue weighted by molar-refractivity contribution is 0.0690. The van der Waals surface area contributed by atoms with Crippen molar-refractivity contribution in [1.82, 2.24) is 24.6 Å². The molecule has 6 rings (SSSR count). The molecule has 0 spiro atoms. The number of imidazole rings is 1. The van der Waals surface area contributed by atoms with E-state index in [1.807, 2.05) is 29.3 Å². The Balaban J connectivity index is 1.23. The first-order chi connectivity index (χ1) is 16.4. The summed E-state index contributed by atoms with van der Waals surface area (Å²) in [5.41, 5.74) is 1.87. The van der Waals surface area contributed by atoms with Gasteiger partial charge in [-0.2, -0.15) is 0 Å². The van der Waals surface area contributed by atoms with Crippen LogP contribution in [0.15, 0.2) is 36.7 Å². The van der Waals surface area contributed by atoms with E-state index in [9.17, 15) is 14.0 Å². The summed E-state index contributed by atoms with van der Waals surface area (Å²) in [5.74, 6) is 0.217. The fourth-order valence-corrected chi connectivity index (χ4v) is 6.89. The van der Waals surface area contributed by atoms with Crippen LogP contribution in [-0.4, -0.2) is 50.2 Å². The average Bonchev–Trinajstić information content (AvgIpc) is 3.18. The Kier molecular flexibility index (Phi) is 5.03. The van der Waals surface area contributed by atoms with Crippen LogP contribution >= 0.6 is 22.7 Å². The fraction of sp³-hybridized carbons (Fsp3) is 0.333. The first-order valence-electron chi connectivity index (χ1n) is 11.2. The highest BCUT2D eigenvalue weighted by Crippen LogP contribution is 2.50. The standard InChI is InChI=1S/C24H22FN5O2S2/c1-12-20(34-24-26-6-7-29(12)24)22(31)27-10-18-17-9-15(17)11-30(18)23(32)19-21(33-13(2)28-19)14-4-3-5-16(25)8-14/h3-8,15,17-18H,9-11H2,1-2H3,(H,27,31)/t15-,17-,18-/m1/s1. The van der Waals surface area contributed by atoms with Crippen LogP contribution in [0.1, 0.15) is 37.3 Å². The van der Waals surface area contributed by atoms with E-state index < -0.39 is 0 Å². The fourth-order valence-electron chi connectivity index (χ4n) is 4.98. The predicted octanol–water partition coefficient (Wildman–Crippen LogP) is 4.17. The molecule has 1 saturated carbocycles. The molecule has 3 atom stereocenters. The van der Waals surface area contributed by atoms with Gasteiger partial charge in [0, 0.05) is 31.2 Å². The third-order valence-corrected chi connectivity index (χ3v) is 8.94. The molecule has 1 aliphatic carbocycles. The zero-order valence-electron chi connectivity index (χ0n) is 18.6. The van der Waals surface area contributed by atoms with Crippen molar-refractivity contribution in [2.24, 2.45) is 11.8 Å². The van der Waals surface area contributed by atoms with E-state index >= 15 is 0 Å². The van der Waals surface area contributed by atoms with E-state index in [0.717, 1.165) is 22.1 Å². The molecule has 0 unspecified atom stereocenters. The normalized spacial score (nSPS) is 21.1. The van der Waals surface area contributed by atoms with Crippen LogP contribution < -0.4 is 5.32 Å². The van der Waals surface area contributed by atoms with Crippen molar-refractivity contribution >= 4 is 39.4 Å². The number of benzene rings is 1. The molecule has 0 bridgehead atoms. The Morgan fingerprint density at radius 2 is 2.12 bits per heavy atom. The second-order valence-corrected chi connectivity index (χ2v) is 11.1. The maximum absolute atomic E-state index is 13.8. The maximum Gasteiger partial charge on any atom is 0.274 e. The molecule has 2 aliphatic rings. The number of hydrogen-bond acceptors (Lipinski definition) is 6. The van der Waals surface area contributed by atoms with E-state index in [2.05, 4.69) is 15.3 Å². The molecule has 2 fully saturated rings. The summed E-state index contributed by atoms with van der Waals surface area (Å²) < 4.78 is 15.8. The van der Waals surface area contributed by atoms with Crippen LogP contribution in [0, 0.1) is 31.5 Å². The van der Waals surface area contributed by atoms with Gasteiger partial charge in [-0.25, -0.2) is 14.4 Å². The summed E-state index contributed by atoms with van der Waals surface area (Å²) in [7, 11) is 0. The van der Waals surface area contributed by atoms with Crippen molar-refractivity contribution in [3.05, 3.63) is 63.7 Å². The summed E-state index contributed by atoms with van der Waals surface area (Å²) >= 11 is 2.75. The van der Waals surface area contributed by atoms with Crippen LogP contribution in [0.2, 0.25) is 0 Å². The number of piperidine rings is 1. The van der Waals surface area contributed by atoms with Gasteiger partial charge < -0.3 is 10.2 Å². The second kappa shape index (κ2) is 7.99. The van der Waals surface area contributed by atoms with Crippen molar-refractivity contribution < 1.29 is 14.0 Å². The highest BCUT2D eigenvalue weighted by atomic mass is 32.1. The number of amides is 2. The second-order valence-electron chi connectivity index (χ2n) is 8.91. The zero-order chi connectivity index (χ0) is 23.6. The number of rotatable bonds is 5. The van der Waals surface area contributed by atoms with Gasteiger partial charge in [0.25, 0.3) is 11.8 Å². The van der Waals surface area contributed by atoms with Crippen molar-refractivity contribution in [2.45, 2.75) is 26.3 Å². The van der Waals surface area contributed by atoms with Crippen LogP contribution in [-0.2, 0) is 0 Å². The Hall–Kier alpha value is -3.11. The maximum atomic E-state index is 13.8. The van der Waals surface area contributed by atoms with Crippen molar-refractivity contribution in [3.63, 3.8) is 0 Å². The van der Waals surface area contributed by atoms with Gasteiger partial charge in [-0.3, -0.25) is 14.0 Å². The summed E-state index contributed by atoms with van der Waals surface area (Å²) in [6.07, 6.45) is 4.63. The van der Waals surface area contributed by atoms with E-state index in [1.165, 1.54) is 34.8 Å². The number of fused-ring (bicyclic) bond motifs is 2. The summed E-state index contributed by atoms with van der Waals surface area (Å²) in [5, 5.41) is 3.81. The number of nitrogens with zero attached hydrogens (tertiary/aromatic N) is 4. The van der Waals surface area contributed by atoms with Crippen molar-refractivity contribution in [2.75, 3.05) is 13.1 Å². The molecule has 1 saturated heterocycles. The number of likely N-dealkylation sites (tertiary alicyclic amines) is 1. The van der Waals surface area contributed by atoms with Gasteiger partial charge >= 0.3 is 0 Å². The van der Waals surface area contributed by atoms with E-state index in [-0.39, 0.29) is 23.7 Å². The molecular weight excluding hydrogens is 473 g/mol. The average molecular weight is 496 g/mol. The van der Waals surface area contributed by atoms with Crippen LogP contribution in [0.4, 0.5) is 4.39 Å². The zero-order valence-corrected chi connectivity index (χ0v) is 20.3. The van der Waals surface area contributed by atoms with E-state index in [4.69, 9.17) is 0 Å². The molecule has 34 heavy (non-hydrogen) atoms. The number of aromatic nitrogens is 3. The molecule has 1 aromatic carbocycles. The number of carbonyl (C=O) groups excluding carboxylic acids is 2. The minimum Gasteiger partial charge on any atom is -0.349 e. The molecule has 3 aromatic heterocycles. The molecule has 2 amide bonds. The minimum absolute atomic E-state index is 0.0758. The van der Waals surface area contributed by atoms with Crippen molar-refractivity contribution in [1.29, 1.82) is 0 Å². The van der Waals surface area contributed by atoms with Gasteiger partial charge in [-0.05, 0) is 49.8 Å².